The summed E-state index contributed by atoms with van der Waals surface area (Å²) in [6, 6.07) is 6.69. The highest BCUT2D eigenvalue weighted by Gasteiger charge is 2.08. The zero-order valence-electron chi connectivity index (χ0n) is 7.37. The van der Waals surface area contributed by atoms with Gasteiger partial charge in [-0.1, -0.05) is 6.92 Å². The van der Waals surface area contributed by atoms with Crippen LogP contribution in [0.1, 0.15) is 29.3 Å². The van der Waals surface area contributed by atoms with E-state index in [-0.39, 0.29) is 5.78 Å². The van der Waals surface area contributed by atoms with E-state index in [2.05, 4.69) is 0 Å². The predicted molar refractivity (Wildman–Crippen MR) is 50.2 cm³/mol. The summed E-state index contributed by atoms with van der Waals surface area (Å²) in [5.74, 6) is -0.0520. The maximum atomic E-state index is 11.3. The molecule has 3 heteroatoms. The second kappa shape index (κ2) is 3.72. The van der Waals surface area contributed by atoms with Crippen molar-refractivity contribution in [1.82, 2.24) is 0 Å². The minimum atomic E-state index is -0.0520. The molecule has 1 aromatic rings. The Kier molecular flexibility index (Phi) is 2.65. The summed E-state index contributed by atoms with van der Waals surface area (Å²) in [7, 11) is 0. The lowest BCUT2D eigenvalue weighted by Crippen LogP contribution is -2.01. The van der Waals surface area contributed by atoms with Crippen LogP contribution in [0.2, 0.25) is 0 Å². The van der Waals surface area contributed by atoms with Crippen molar-refractivity contribution < 1.29 is 4.79 Å². The fraction of sp³-hybridized carbons (Fsp3) is 0.200. The normalized spacial score (nSPS) is 9.23. The van der Waals surface area contributed by atoms with Crippen molar-refractivity contribution in [2.45, 2.75) is 13.3 Å². The third-order valence-electron chi connectivity index (χ3n) is 1.79. The summed E-state index contributed by atoms with van der Waals surface area (Å²) in [5.41, 5.74) is 6.83. The van der Waals surface area contributed by atoms with Crippen LogP contribution in [0.25, 0.3) is 0 Å². The highest BCUT2D eigenvalue weighted by atomic mass is 16.1. The average Bonchev–Trinajstić information content (AvgIpc) is 2.16. The molecule has 2 N–H and O–H groups in total. The molecular weight excluding hydrogens is 164 g/mol. The molecule has 0 saturated carbocycles. The third-order valence-corrected chi connectivity index (χ3v) is 1.79. The van der Waals surface area contributed by atoms with E-state index in [9.17, 15) is 4.79 Å². The number of nitrogen functional groups attached to an aromatic ring is 1. The molecule has 0 fully saturated rings. The third kappa shape index (κ3) is 1.85. The van der Waals surface area contributed by atoms with E-state index in [4.69, 9.17) is 11.0 Å². The Morgan fingerprint density at radius 3 is 2.85 bits per heavy atom. The zero-order chi connectivity index (χ0) is 9.84. The van der Waals surface area contributed by atoms with E-state index in [0.717, 1.165) is 0 Å². The number of nitriles is 1. The first-order chi connectivity index (χ1) is 6.19. The minimum Gasteiger partial charge on any atom is -0.399 e. The van der Waals surface area contributed by atoms with Gasteiger partial charge < -0.3 is 5.73 Å². The molecular formula is C10H10N2O. The second-order valence-corrected chi connectivity index (χ2v) is 2.69. The number of carbonyl (C=O) groups is 1. The van der Waals surface area contributed by atoms with Crippen molar-refractivity contribution in [3.05, 3.63) is 29.3 Å². The van der Waals surface area contributed by atoms with Crippen LogP contribution in [0.4, 0.5) is 5.69 Å². The van der Waals surface area contributed by atoms with Crippen LogP contribution in [-0.2, 0) is 0 Å². The topological polar surface area (TPSA) is 66.9 Å². The van der Waals surface area contributed by atoms with Gasteiger partial charge in [0.05, 0.1) is 11.6 Å². The molecule has 0 atom stereocenters. The van der Waals surface area contributed by atoms with Crippen LogP contribution in [0.15, 0.2) is 18.2 Å². The summed E-state index contributed by atoms with van der Waals surface area (Å²) in [6.07, 6.45) is 0.387. The van der Waals surface area contributed by atoms with Gasteiger partial charge in [0.15, 0.2) is 5.78 Å². The first-order valence-corrected chi connectivity index (χ1v) is 4.02. The van der Waals surface area contributed by atoms with Crippen LogP contribution in [-0.4, -0.2) is 5.78 Å². The smallest absolute Gasteiger partial charge is 0.164 e. The van der Waals surface area contributed by atoms with Crippen LogP contribution in [0.5, 0.6) is 0 Å². The largest absolute Gasteiger partial charge is 0.399 e. The molecule has 3 nitrogen and oxygen atoms in total. The lowest BCUT2D eigenvalue weighted by Gasteiger charge is -2.01. The van der Waals surface area contributed by atoms with Crippen molar-refractivity contribution in [2.75, 3.05) is 5.73 Å². The molecule has 0 aliphatic rings. The Balaban J connectivity index is 3.25. The maximum Gasteiger partial charge on any atom is 0.164 e. The number of hydrogen-bond acceptors (Lipinski definition) is 3. The number of benzene rings is 1. The Morgan fingerprint density at radius 1 is 1.62 bits per heavy atom. The van der Waals surface area contributed by atoms with Gasteiger partial charge in [0.25, 0.3) is 0 Å². The highest BCUT2D eigenvalue weighted by molar-refractivity contribution is 5.98. The van der Waals surface area contributed by atoms with Gasteiger partial charge in [0, 0.05) is 17.7 Å². The molecule has 0 aliphatic carbocycles. The molecule has 0 spiro atoms. The molecule has 0 bridgehead atoms. The molecule has 1 aromatic carbocycles. The molecule has 0 radical (unpaired) electrons. The van der Waals surface area contributed by atoms with Gasteiger partial charge in [-0.05, 0) is 18.2 Å². The standard InChI is InChI=1S/C10H10N2O/c1-2-10(13)9-5-8(12)4-3-7(9)6-11/h3-5H,2,12H2,1H3. The Bertz CT molecular complexity index is 377. The molecule has 0 unspecified atom stereocenters. The molecule has 0 heterocycles. The van der Waals surface area contributed by atoms with Crippen LogP contribution >= 0.6 is 0 Å². The first kappa shape index (κ1) is 9.27. The van der Waals surface area contributed by atoms with Gasteiger partial charge in [-0.3, -0.25) is 4.79 Å². The number of nitrogens with zero attached hydrogens (tertiary/aromatic N) is 1. The number of hydrogen-bond donors (Lipinski definition) is 1. The van der Waals surface area contributed by atoms with Gasteiger partial charge in [0.1, 0.15) is 0 Å². The summed E-state index contributed by atoms with van der Waals surface area (Å²) in [4.78, 5) is 11.3. The van der Waals surface area contributed by atoms with Crippen molar-refractivity contribution in [3.63, 3.8) is 0 Å². The monoisotopic (exact) mass is 174 g/mol. The molecule has 0 aliphatic heterocycles. The van der Waals surface area contributed by atoms with Crippen LogP contribution in [0, 0.1) is 11.3 Å². The zero-order valence-corrected chi connectivity index (χ0v) is 7.37. The number of carbonyl (C=O) groups excluding carboxylic acids is 1. The predicted octanol–water partition coefficient (Wildman–Crippen LogP) is 1.73. The summed E-state index contributed by atoms with van der Waals surface area (Å²) < 4.78 is 0. The molecule has 0 saturated heterocycles. The number of anilines is 1. The lowest BCUT2D eigenvalue weighted by molar-refractivity contribution is 0.0988. The van der Waals surface area contributed by atoms with Crippen molar-refractivity contribution in [3.8, 4) is 6.07 Å². The SMILES string of the molecule is CCC(=O)c1cc(N)ccc1C#N. The van der Waals surface area contributed by atoms with Crippen LogP contribution < -0.4 is 5.73 Å². The fourth-order valence-electron chi connectivity index (χ4n) is 1.08. The first-order valence-electron chi connectivity index (χ1n) is 4.02. The lowest BCUT2D eigenvalue weighted by atomic mass is 10.0. The van der Waals surface area contributed by atoms with Crippen LogP contribution in [0.3, 0.4) is 0 Å². The minimum absolute atomic E-state index is 0.0520. The molecule has 0 aromatic heterocycles. The van der Waals surface area contributed by atoms with Gasteiger partial charge in [-0.25, -0.2) is 0 Å². The second-order valence-electron chi connectivity index (χ2n) is 2.69. The Labute approximate surface area is 76.8 Å². The Morgan fingerprint density at radius 2 is 2.31 bits per heavy atom. The van der Waals surface area contributed by atoms with E-state index in [1.54, 1.807) is 25.1 Å². The molecule has 1 rings (SSSR count). The summed E-state index contributed by atoms with van der Waals surface area (Å²) >= 11 is 0. The summed E-state index contributed by atoms with van der Waals surface area (Å²) in [5, 5.41) is 8.71. The van der Waals surface area contributed by atoms with E-state index in [1.807, 2.05) is 6.07 Å². The number of nitrogens with two attached hydrogens (primary N) is 1. The van der Waals surface area contributed by atoms with E-state index in [1.165, 1.54) is 0 Å². The fourth-order valence-corrected chi connectivity index (χ4v) is 1.08. The number of ketones is 1. The van der Waals surface area contributed by atoms with Gasteiger partial charge >= 0.3 is 0 Å². The highest BCUT2D eigenvalue weighted by Crippen LogP contribution is 2.14. The molecule has 0 amide bonds. The quantitative estimate of drug-likeness (QED) is 0.548. The van der Waals surface area contributed by atoms with E-state index in [0.29, 0.717) is 23.2 Å². The van der Waals surface area contributed by atoms with Crippen molar-refractivity contribution in [1.29, 1.82) is 5.26 Å². The van der Waals surface area contributed by atoms with E-state index < -0.39 is 0 Å². The van der Waals surface area contributed by atoms with Gasteiger partial charge in [0.2, 0.25) is 0 Å². The van der Waals surface area contributed by atoms with Crippen molar-refractivity contribution >= 4 is 11.5 Å². The molecule has 66 valence electrons. The maximum absolute atomic E-state index is 11.3. The van der Waals surface area contributed by atoms with Crippen molar-refractivity contribution in [2.24, 2.45) is 0 Å². The van der Waals surface area contributed by atoms with Gasteiger partial charge in [-0.2, -0.15) is 5.26 Å². The van der Waals surface area contributed by atoms with E-state index >= 15 is 0 Å². The number of Topliss-reactive ketones (excluding diaryl/α,β-unsaturated/α-hetero) is 1. The number of rotatable bonds is 2. The van der Waals surface area contributed by atoms with Gasteiger partial charge in [-0.15, -0.1) is 0 Å². The average molecular weight is 174 g/mol. The Hall–Kier alpha value is -1.82. The summed E-state index contributed by atoms with van der Waals surface area (Å²) in [6.45, 7) is 1.76. The molecule has 13 heavy (non-hydrogen) atoms.